The molecule has 1 aromatic carbocycles. The first-order valence-electron chi connectivity index (χ1n) is 7.04. The van der Waals surface area contributed by atoms with E-state index in [2.05, 4.69) is 37.4 Å². The van der Waals surface area contributed by atoms with E-state index in [0.717, 1.165) is 24.4 Å². The van der Waals surface area contributed by atoms with Gasteiger partial charge < -0.3 is 5.32 Å². The van der Waals surface area contributed by atoms with Gasteiger partial charge in [0.1, 0.15) is 0 Å². The standard InChI is InChI=1S/C16H23N/c1-11-4-3-5-12(2)15(11)10-17-16(13-6-7-13)14-8-9-14/h3-5,13-14,16-17H,6-10H2,1-2H3. The minimum absolute atomic E-state index is 0.814. The Morgan fingerprint density at radius 3 is 2.06 bits per heavy atom. The van der Waals surface area contributed by atoms with Crippen LogP contribution in [0.1, 0.15) is 42.4 Å². The molecule has 2 aliphatic carbocycles. The summed E-state index contributed by atoms with van der Waals surface area (Å²) in [5.41, 5.74) is 4.38. The summed E-state index contributed by atoms with van der Waals surface area (Å²) >= 11 is 0. The monoisotopic (exact) mass is 229 g/mol. The molecule has 2 fully saturated rings. The summed E-state index contributed by atoms with van der Waals surface area (Å²) in [5.74, 6) is 1.98. The summed E-state index contributed by atoms with van der Waals surface area (Å²) < 4.78 is 0. The van der Waals surface area contributed by atoms with Crippen LogP contribution in [0, 0.1) is 25.7 Å². The van der Waals surface area contributed by atoms with Crippen molar-refractivity contribution in [2.45, 2.75) is 52.1 Å². The Bertz CT molecular complexity index is 370. The van der Waals surface area contributed by atoms with Crippen molar-refractivity contribution in [3.8, 4) is 0 Å². The molecule has 0 amide bonds. The zero-order valence-corrected chi connectivity index (χ0v) is 11.0. The van der Waals surface area contributed by atoms with Gasteiger partial charge in [0.25, 0.3) is 0 Å². The summed E-state index contributed by atoms with van der Waals surface area (Å²) in [4.78, 5) is 0. The van der Waals surface area contributed by atoms with E-state index in [1.54, 1.807) is 0 Å². The van der Waals surface area contributed by atoms with Gasteiger partial charge in [0.2, 0.25) is 0 Å². The van der Waals surface area contributed by atoms with Crippen molar-refractivity contribution in [1.29, 1.82) is 0 Å². The van der Waals surface area contributed by atoms with Crippen LogP contribution >= 0.6 is 0 Å². The Kier molecular flexibility index (Phi) is 2.96. The number of hydrogen-bond donors (Lipinski definition) is 1. The van der Waals surface area contributed by atoms with Gasteiger partial charge in [-0.15, -0.1) is 0 Å². The van der Waals surface area contributed by atoms with E-state index in [1.807, 2.05) is 0 Å². The van der Waals surface area contributed by atoms with E-state index in [-0.39, 0.29) is 0 Å². The van der Waals surface area contributed by atoms with Crippen LogP contribution in [0.4, 0.5) is 0 Å². The van der Waals surface area contributed by atoms with Gasteiger partial charge >= 0.3 is 0 Å². The van der Waals surface area contributed by atoms with Crippen LogP contribution in [0.25, 0.3) is 0 Å². The Balaban J connectivity index is 1.66. The first-order valence-corrected chi connectivity index (χ1v) is 7.04. The average Bonchev–Trinajstić information content (AvgIpc) is 3.15. The topological polar surface area (TPSA) is 12.0 Å². The lowest BCUT2D eigenvalue weighted by atomic mass is 10.0. The zero-order chi connectivity index (χ0) is 11.8. The van der Waals surface area contributed by atoms with E-state index < -0.39 is 0 Å². The third kappa shape index (κ3) is 2.55. The van der Waals surface area contributed by atoms with Gasteiger partial charge in [0, 0.05) is 12.6 Å². The molecule has 1 aromatic rings. The average molecular weight is 229 g/mol. The molecule has 0 aromatic heterocycles. The molecule has 0 unspecified atom stereocenters. The molecule has 0 saturated heterocycles. The van der Waals surface area contributed by atoms with E-state index in [9.17, 15) is 0 Å². The number of aryl methyl sites for hydroxylation is 2. The van der Waals surface area contributed by atoms with Gasteiger partial charge in [-0.3, -0.25) is 0 Å². The number of rotatable bonds is 5. The highest BCUT2D eigenvalue weighted by atomic mass is 14.9. The maximum absolute atomic E-state index is 3.84. The highest BCUT2D eigenvalue weighted by Crippen LogP contribution is 2.44. The molecule has 92 valence electrons. The first-order chi connectivity index (χ1) is 8.25. The number of hydrogen-bond acceptors (Lipinski definition) is 1. The molecular weight excluding hydrogens is 206 g/mol. The molecule has 1 N–H and O–H groups in total. The van der Waals surface area contributed by atoms with Gasteiger partial charge in [0.05, 0.1) is 0 Å². The van der Waals surface area contributed by atoms with Crippen LogP contribution in [0.5, 0.6) is 0 Å². The van der Waals surface area contributed by atoms with Gasteiger partial charge in [-0.25, -0.2) is 0 Å². The largest absolute Gasteiger partial charge is 0.309 e. The normalized spacial score (nSPS) is 19.9. The quantitative estimate of drug-likeness (QED) is 0.813. The van der Waals surface area contributed by atoms with Crippen molar-refractivity contribution in [2.75, 3.05) is 0 Å². The van der Waals surface area contributed by atoms with E-state index in [1.165, 1.54) is 42.4 Å². The van der Waals surface area contributed by atoms with Gasteiger partial charge in [-0.2, -0.15) is 0 Å². The van der Waals surface area contributed by atoms with Crippen LogP contribution in [-0.2, 0) is 6.54 Å². The van der Waals surface area contributed by atoms with Crippen molar-refractivity contribution < 1.29 is 0 Å². The molecule has 0 spiro atoms. The lowest BCUT2D eigenvalue weighted by molar-refractivity contribution is 0.415. The molecule has 1 nitrogen and oxygen atoms in total. The smallest absolute Gasteiger partial charge is 0.0213 e. The van der Waals surface area contributed by atoms with Crippen LogP contribution in [0.2, 0.25) is 0 Å². The van der Waals surface area contributed by atoms with Crippen LogP contribution in [0.3, 0.4) is 0 Å². The lowest BCUT2D eigenvalue weighted by Gasteiger charge is -2.19. The van der Waals surface area contributed by atoms with Gasteiger partial charge in [0.15, 0.2) is 0 Å². The van der Waals surface area contributed by atoms with E-state index in [0.29, 0.717) is 0 Å². The maximum Gasteiger partial charge on any atom is 0.0213 e. The summed E-state index contributed by atoms with van der Waals surface area (Å²) in [5, 5.41) is 3.84. The van der Waals surface area contributed by atoms with E-state index >= 15 is 0 Å². The second-order valence-electron chi connectivity index (χ2n) is 5.95. The zero-order valence-electron chi connectivity index (χ0n) is 11.0. The highest BCUT2D eigenvalue weighted by molar-refractivity contribution is 5.33. The molecule has 0 bridgehead atoms. The van der Waals surface area contributed by atoms with Crippen LogP contribution in [-0.4, -0.2) is 6.04 Å². The highest BCUT2D eigenvalue weighted by Gasteiger charge is 2.40. The number of benzene rings is 1. The molecule has 1 heteroatoms. The Labute approximate surface area is 105 Å². The summed E-state index contributed by atoms with van der Waals surface area (Å²) in [6.07, 6.45) is 5.84. The SMILES string of the molecule is Cc1cccc(C)c1CNC(C1CC1)C1CC1. The van der Waals surface area contributed by atoms with Crippen LogP contribution < -0.4 is 5.32 Å². The summed E-state index contributed by atoms with van der Waals surface area (Å²) in [6, 6.07) is 7.43. The minimum Gasteiger partial charge on any atom is -0.309 e. The predicted octanol–water partition coefficient (Wildman–Crippen LogP) is 3.58. The Morgan fingerprint density at radius 1 is 1.06 bits per heavy atom. The van der Waals surface area contributed by atoms with E-state index in [4.69, 9.17) is 0 Å². The van der Waals surface area contributed by atoms with Crippen molar-refractivity contribution in [1.82, 2.24) is 5.32 Å². The van der Waals surface area contributed by atoms with Crippen LogP contribution in [0.15, 0.2) is 18.2 Å². The molecule has 17 heavy (non-hydrogen) atoms. The predicted molar refractivity (Wildman–Crippen MR) is 72.0 cm³/mol. The Morgan fingerprint density at radius 2 is 1.59 bits per heavy atom. The van der Waals surface area contributed by atoms with Gasteiger partial charge in [-0.05, 0) is 68.1 Å². The molecule has 3 rings (SSSR count). The van der Waals surface area contributed by atoms with Crippen molar-refractivity contribution in [3.05, 3.63) is 34.9 Å². The second-order valence-corrected chi connectivity index (χ2v) is 5.95. The molecule has 0 aliphatic heterocycles. The van der Waals surface area contributed by atoms with Crippen molar-refractivity contribution in [2.24, 2.45) is 11.8 Å². The number of nitrogens with one attached hydrogen (secondary N) is 1. The third-order valence-corrected chi connectivity index (χ3v) is 4.42. The molecule has 2 aliphatic rings. The molecule has 0 atom stereocenters. The molecule has 2 saturated carbocycles. The fourth-order valence-corrected chi connectivity index (χ4v) is 2.98. The molecule has 0 radical (unpaired) electrons. The fraction of sp³-hybridized carbons (Fsp3) is 0.625. The lowest BCUT2D eigenvalue weighted by Crippen LogP contribution is -2.33. The van der Waals surface area contributed by atoms with Crippen molar-refractivity contribution in [3.63, 3.8) is 0 Å². The molecular formula is C16H23N. The van der Waals surface area contributed by atoms with Gasteiger partial charge in [-0.1, -0.05) is 18.2 Å². The Hall–Kier alpha value is -0.820. The van der Waals surface area contributed by atoms with Crippen molar-refractivity contribution >= 4 is 0 Å². The fourth-order valence-electron chi connectivity index (χ4n) is 2.98. The molecule has 0 heterocycles. The first kappa shape index (κ1) is 11.3. The summed E-state index contributed by atoms with van der Waals surface area (Å²) in [6.45, 7) is 5.52. The minimum atomic E-state index is 0.814. The second kappa shape index (κ2) is 4.45. The third-order valence-electron chi connectivity index (χ3n) is 4.42. The maximum atomic E-state index is 3.84. The summed E-state index contributed by atoms with van der Waals surface area (Å²) in [7, 11) is 0.